The fraction of sp³-hybridized carbons (Fsp3) is 0. The first-order valence-electron chi connectivity index (χ1n) is 7.96. The highest BCUT2D eigenvalue weighted by Gasteiger charge is 2.15. The van der Waals surface area contributed by atoms with Gasteiger partial charge in [-0.1, -0.05) is 72.8 Å². The predicted molar refractivity (Wildman–Crippen MR) is 102 cm³/mol. The van der Waals surface area contributed by atoms with Gasteiger partial charge >= 0.3 is 0 Å². The summed E-state index contributed by atoms with van der Waals surface area (Å²) in [6.45, 7) is 7.30. The lowest BCUT2D eigenvalue weighted by Crippen LogP contribution is -2.09. The first kappa shape index (κ1) is 14.9. The van der Waals surface area contributed by atoms with Crippen LogP contribution in [0.5, 0.6) is 0 Å². The molecule has 0 atom stereocenters. The minimum absolute atomic E-state index is 0.148. The summed E-state index contributed by atoms with van der Waals surface area (Å²) < 4.78 is 0. The number of hydrogen-bond acceptors (Lipinski definition) is 1. The number of benzene rings is 3. The van der Waals surface area contributed by atoms with Crippen molar-refractivity contribution in [3.63, 3.8) is 0 Å². The van der Waals surface area contributed by atoms with Gasteiger partial charge in [-0.15, -0.1) is 0 Å². The molecule has 0 saturated heterocycles. The molecule has 3 aromatic carbocycles. The Labute approximate surface area is 145 Å². The van der Waals surface area contributed by atoms with E-state index < -0.39 is 0 Å². The highest BCUT2D eigenvalue weighted by atomic mass is 16.1. The molecule has 4 rings (SSSR count). The van der Waals surface area contributed by atoms with E-state index in [4.69, 9.17) is 6.57 Å². The molecule has 118 valence electrons. The molecule has 0 radical (unpaired) electrons. The maximum atomic E-state index is 12.6. The predicted octanol–water partition coefficient (Wildman–Crippen LogP) is 5.41. The summed E-state index contributed by atoms with van der Waals surface area (Å²) in [7, 11) is 0. The van der Waals surface area contributed by atoms with Crippen LogP contribution in [0.2, 0.25) is 0 Å². The standard InChI is InChI=1S/C22H14N2O/c1-23-17-12-13-18-19(14-17)20(15-8-4-2-5-9-15)21(24-22(18)25)16-10-6-3-7-11-16/h2-14H,(H,24,25). The molecular weight excluding hydrogens is 308 g/mol. The fourth-order valence-corrected chi connectivity index (χ4v) is 3.11. The van der Waals surface area contributed by atoms with Crippen molar-refractivity contribution < 1.29 is 0 Å². The molecule has 4 aromatic rings. The van der Waals surface area contributed by atoms with Gasteiger partial charge in [-0.2, -0.15) is 0 Å². The zero-order valence-corrected chi connectivity index (χ0v) is 13.4. The fourth-order valence-electron chi connectivity index (χ4n) is 3.11. The Kier molecular flexibility index (Phi) is 3.64. The molecule has 0 aliphatic rings. The van der Waals surface area contributed by atoms with Gasteiger partial charge in [-0.05, 0) is 22.6 Å². The van der Waals surface area contributed by atoms with E-state index in [2.05, 4.69) is 9.83 Å². The van der Waals surface area contributed by atoms with Gasteiger partial charge in [0, 0.05) is 10.9 Å². The summed E-state index contributed by atoms with van der Waals surface area (Å²) in [6.07, 6.45) is 0. The van der Waals surface area contributed by atoms with Gasteiger partial charge in [0.2, 0.25) is 0 Å². The van der Waals surface area contributed by atoms with Gasteiger partial charge < -0.3 is 4.98 Å². The van der Waals surface area contributed by atoms with Crippen LogP contribution in [0, 0.1) is 6.57 Å². The van der Waals surface area contributed by atoms with Gasteiger partial charge in [0.1, 0.15) is 0 Å². The summed E-state index contributed by atoms with van der Waals surface area (Å²) in [5, 5.41) is 1.38. The number of rotatable bonds is 2. The third-order valence-electron chi connectivity index (χ3n) is 4.26. The first-order valence-corrected chi connectivity index (χ1v) is 7.96. The Bertz CT molecular complexity index is 1150. The highest BCUT2D eigenvalue weighted by molar-refractivity contribution is 6.03. The monoisotopic (exact) mass is 322 g/mol. The second-order valence-corrected chi connectivity index (χ2v) is 5.78. The van der Waals surface area contributed by atoms with Gasteiger partial charge in [-0.25, -0.2) is 4.85 Å². The number of aromatic nitrogens is 1. The van der Waals surface area contributed by atoms with Crippen LogP contribution in [0.3, 0.4) is 0 Å². The number of pyridine rings is 1. The number of fused-ring (bicyclic) bond motifs is 1. The van der Waals surface area contributed by atoms with Crippen molar-refractivity contribution in [3.8, 4) is 22.4 Å². The van der Waals surface area contributed by atoms with Gasteiger partial charge in [-0.3, -0.25) is 4.79 Å². The molecule has 0 aliphatic carbocycles. The van der Waals surface area contributed by atoms with Crippen LogP contribution >= 0.6 is 0 Å². The van der Waals surface area contributed by atoms with E-state index >= 15 is 0 Å². The number of nitrogens with one attached hydrogen (secondary N) is 1. The lowest BCUT2D eigenvalue weighted by molar-refractivity contribution is 1.28. The molecule has 3 nitrogen and oxygen atoms in total. The van der Waals surface area contributed by atoms with E-state index in [1.165, 1.54) is 0 Å². The topological polar surface area (TPSA) is 37.2 Å². The van der Waals surface area contributed by atoms with Crippen molar-refractivity contribution in [1.82, 2.24) is 4.98 Å². The van der Waals surface area contributed by atoms with Crippen molar-refractivity contribution in [2.24, 2.45) is 0 Å². The van der Waals surface area contributed by atoms with Crippen LogP contribution < -0.4 is 5.56 Å². The van der Waals surface area contributed by atoms with Crippen LogP contribution in [-0.2, 0) is 0 Å². The zero-order chi connectivity index (χ0) is 17.2. The molecular formula is C22H14N2O. The summed E-state index contributed by atoms with van der Waals surface area (Å²) in [5.74, 6) is 0. The second kappa shape index (κ2) is 6.10. The van der Waals surface area contributed by atoms with E-state index in [1.807, 2.05) is 60.7 Å². The summed E-state index contributed by atoms with van der Waals surface area (Å²) >= 11 is 0. The largest absolute Gasteiger partial charge is 0.321 e. The third kappa shape index (κ3) is 2.60. The molecule has 0 spiro atoms. The summed E-state index contributed by atoms with van der Waals surface area (Å²) in [4.78, 5) is 19.2. The molecule has 25 heavy (non-hydrogen) atoms. The van der Waals surface area contributed by atoms with Crippen LogP contribution in [0.15, 0.2) is 83.7 Å². The van der Waals surface area contributed by atoms with Crippen molar-refractivity contribution >= 4 is 16.5 Å². The minimum atomic E-state index is -0.148. The van der Waals surface area contributed by atoms with Crippen molar-refractivity contribution in [2.45, 2.75) is 0 Å². The Morgan fingerprint density at radius 1 is 0.760 bits per heavy atom. The lowest BCUT2D eigenvalue weighted by Gasteiger charge is -2.14. The summed E-state index contributed by atoms with van der Waals surface area (Å²) in [5.41, 5.74) is 4.02. The first-order chi connectivity index (χ1) is 12.3. The minimum Gasteiger partial charge on any atom is -0.321 e. The van der Waals surface area contributed by atoms with Gasteiger partial charge in [0.25, 0.3) is 5.56 Å². The Morgan fingerprint density at radius 2 is 1.40 bits per heavy atom. The normalized spacial score (nSPS) is 10.5. The van der Waals surface area contributed by atoms with Crippen LogP contribution in [0.1, 0.15) is 0 Å². The number of nitrogens with zero attached hydrogens (tertiary/aromatic N) is 1. The molecule has 1 N–H and O–H groups in total. The molecule has 3 heteroatoms. The van der Waals surface area contributed by atoms with Crippen LogP contribution in [-0.4, -0.2) is 4.98 Å². The third-order valence-corrected chi connectivity index (χ3v) is 4.26. The SMILES string of the molecule is [C-]#[N+]c1ccc2c(=O)[nH]c(-c3ccccc3)c(-c3ccccc3)c2c1. The lowest BCUT2D eigenvalue weighted by atomic mass is 9.94. The van der Waals surface area contributed by atoms with Crippen molar-refractivity contribution in [2.75, 3.05) is 0 Å². The van der Waals surface area contributed by atoms with Crippen molar-refractivity contribution in [1.29, 1.82) is 0 Å². The van der Waals surface area contributed by atoms with Gasteiger partial charge in [0.15, 0.2) is 5.69 Å². The van der Waals surface area contributed by atoms with E-state index in [9.17, 15) is 4.79 Å². The Balaban J connectivity index is 2.18. The van der Waals surface area contributed by atoms with Crippen LogP contribution in [0.4, 0.5) is 5.69 Å². The molecule has 1 aromatic heterocycles. The molecule has 0 fully saturated rings. The maximum Gasteiger partial charge on any atom is 0.256 e. The quantitative estimate of drug-likeness (QED) is 0.492. The smallest absolute Gasteiger partial charge is 0.256 e. The van der Waals surface area contributed by atoms with E-state index in [1.54, 1.807) is 18.2 Å². The van der Waals surface area contributed by atoms with Gasteiger partial charge in [0.05, 0.1) is 12.3 Å². The number of H-pyrrole nitrogens is 1. The Morgan fingerprint density at radius 3 is 2.04 bits per heavy atom. The molecule has 0 aliphatic heterocycles. The molecule has 0 saturated carbocycles. The zero-order valence-electron chi connectivity index (χ0n) is 13.4. The van der Waals surface area contributed by atoms with Crippen LogP contribution in [0.25, 0.3) is 38.0 Å². The average Bonchev–Trinajstić information content (AvgIpc) is 2.68. The van der Waals surface area contributed by atoms with Crippen molar-refractivity contribution in [3.05, 3.63) is 101 Å². The maximum absolute atomic E-state index is 12.6. The average molecular weight is 322 g/mol. The number of hydrogen-bond donors (Lipinski definition) is 1. The highest BCUT2D eigenvalue weighted by Crippen LogP contribution is 2.36. The molecule has 0 amide bonds. The summed E-state index contributed by atoms with van der Waals surface area (Å²) in [6, 6.07) is 24.9. The molecule has 1 heterocycles. The molecule has 0 bridgehead atoms. The van der Waals surface area contributed by atoms with E-state index in [-0.39, 0.29) is 5.56 Å². The van der Waals surface area contributed by atoms with E-state index in [0.29, 0.717) is 11.1 Å². The second-order valence-electron chi connectivity index (χ2n) is 5.78. The number of aromatic amines is 1. The Hall–Kier alpha value is -3.64. The molecule has 0 unspecified atom stereocenters. The van der Waals surface area contributed by atoms with E-state index in [0.717, 1.165) is 27.8 Å².